The largest absolute Gasteiger partial charge is 0.481 e. The number of hydrogen-bond acceptors (Lipinski definition) is 3. The van der Waals surface area contributed by atoms with Crippen molar-refractivity contribution in [1.29, 1.82) is 0 Å². The van der Waals surface area contributed by atoms with Crippen molar-refractivity contribution in [1.82, 2.24) is 0 Å². The fraction of sp³-hybridized carbons (Fsp3) is 0.838. The van der Waals surface area contributed by atoms with Crippen LogP contribution in [0, 0.1) is 0 Å². The van der Waals surface area contributed by atoms with E-state index in [1.807, 2.05) is 0 Å². The van der Waals surface area contributed by atoms with Gasteiger partial charge in [0.25, 0.3) is 0 Å². The van der Waals surface area contributed by atoms with Gasteiger partial charge in [-0.15, -0.1) is 0 Å². The van der Waals surface area contributed by atoms with Gasteiger partial charge in [-0.25, -0.2) is 0 Å². The summed E-state index contributed by atoms with van der Waals surface area (Å²) in [6, 6.07) is 0. The van der Waals surface area contributed by atoms with Gasteiger partial charge in [-0.05, 0) is 71.3 Å². The van der Waals surface area contributed by atoms with Crippen LogP contribution in [0.25, 0.3) is 0 Å². The molecule has 0 bridgehead atoms. The van der Waals surface area contributed by atoms with Crippen molar-refractivity contribution in [3.05, 3.63) is 24.3 Å². The van der Waals surface area contributed by atoms with Gasteiger partial charge in [-0.2, -0.15) is 0 Å². The van der Waals surface area contributed by atoms with Crippen LogP contribution >= 0.6 is 0 Å². The molecule has 0 rings (SSSR count). The zero-order chi connectivity index (χ0) is 31.8. The fourth-order valence-electron chi connectivity index (χ4n) is 4.69. The Labute approximate surface area is 262 Å². The summed E-state index contributed by atoms with van der Waals surface area (Å²) < 4.78 is 0. The lowest BCUT2D eigenvalue weighted by atomic mass is 10.1. The van der Waals surface area contributed by atoms with Crippen LogP contribution in [0.2, 0.25) is 0 Å². The Morgan fingerprint density at radius 2 is 0.619 bits per heavy atom. The first kappa shape index (κ1) is 44.8. The molecule has 4 N–H and O–H groups in total. The number of allylic oxidation sites excluding steroid dienone is 4. The van der Waals surface area contributed by atoms with Crippen LogP contribution in [0.15, 0.2) is 24.3 Å². The summed E-state index contributed by atoms with van der Waals surface area (Å²) in [5, 5.41) is 17.0. The van der Waals surface area contributed by atoms with Gasteiger partial charge in [0.05, 0.1) is 0 Å². The number of nitrogens with two attached hydrogens (primary N) is 1. The van der Waals surface area contributed by atoms with Crippen molar-refractivity contribution in [2.75, 3.05) is 7.05 Å². The molecule has 0 atom stereocenters. The maximum Gasteiger partial charge on any atom is 0.303 e. The van der Waals surface area contributed by atoms with Gasteiger partial charge in [0, 0.05) is 12.8 Å². The van der Waals surface area contributed by atoms with Crippen LogP contribution in [-0.2, 0) is 9.59 Å². The van der Waals surface area contributed by atoms with Crippen molar-refractivity contribution >= 4 is 11.9 Å². The third-order valence-electron chi connectivity index (χ3n) is 7.30. The number of rotatable bonds is 30. The third kappa shape index (κ3) is 51.1. The topological polar surface area (TPSA) is 101 Å². The Bertz CT molecular complexity index is 524. The second-order valence-electron chi connectivity index (χ2n) is 11.5. The van der Waals surface area contributed by atoms with E-state index >= 15 is 0 Å². The van der Waals surface area contributed by atoms with Gasteiger partial charge in [-0.1, -0.05) is 141 Å². The van der Waals surface area contributed by atoms with Crippen molar-refractivity contribution in [2.24, 2.45) is 5.73 Å². The number of hydrogen-bond donors (Lipinski definition) is 3. The SMILES string of the molecule is CCCCCCCC/C=C\CCCCCCCC(=O)O.CCCCCCCC/C=C\CCCCCCCC(=O)O.CN. The van der Waals surface area contributed by atoms with Crippen molar-refractivity contribution in [3.63, 3.8) is 0 Å². The Morgan fingerprint density at radius 1 is 0.405 bits per heavy atom. The number of aliphatic carboxylic acids is 2. The average Bonchev–Trinajstić information content (AvgIpc) is 2.98. The van der Waals surface area contributed by atoms with E-state index in [9.17, 15) is 9.59 Å². The lowest BCUT2D eigenvalue weighted by Crippen LogP contribution is -1.93. The van der Waals surface area contributed by atoms with Gasteiger partial charge >= 0.3 is 11.9 Å². The van der Waals surface area contributed by atoms with Gasteiger partial charge < -0.3 is 15.9 Å². The lowest BCUT2D eigenvalue weighted by molar-refractivity contribution is -0.138. The van der Waals surface area contributed by atoms with Gasteiger partial charge in [0.1, 0.15) is 0 Å². The van der Waals surface area contributed by atoms with Gasteiger partial charge in [-0.3, -0.25) is 9.59 Å². The summed E-state index contributed by atoms with van der Waals surface area (Å²) in [6.07, 6.45) is 42.5. The Morgan fingerprint density at radius 3 is 0.857 bits per heavy atom. The van der Waals surface area contributed by atoms with Crippen LogP contribution < -0.4 is 5.73 Å². The predicted octanol–water partition coefficient (Wildman–Crippen LogP) is 11.8. The smallest absolute Gasteiger partial charge is 0.303 e. The first-order valence-electron chi connectivity index (χ1n) is 17.9. The molecule has 0 unspecified atom stereocenters. The molecule has 0 spiro atoms. The van der Waals surface area contributed by atoms with Crippen molar-refractivity contribution in [2.45, 2.75) is 194 Å². The molecular formula is C37H73NO4. The fourth-order valence-corrected chi connectivity index (χ4v) is 4.69. The summed E-state index contributed by atoms with van der Waals surface area (Å²) in [5.74, 6) is -1.33. The first-order chi connectivity index (χ1) is 20.5. The summed E-state index contributed by atoms with van der Waals surface area (Å²) in [4.78, 5) is 20.6. The minimum Gasteiger partial charge on any atom is -0.481 e. The molecule has 0 aromatic rings. The first-order valence-corrected chi connectivity index (χ1v) is 17.9. The average molecular weight is 596 g/mol. The van der Waals surface area contributed by atoms with Crippen LogP contribution in [0.5, 0.6) is 0 Å². The summed E-state index contributed by atoms with van der Waals surface area (Å²) in [5.41, 5.74) is 4.50. The molecule has 5 nitrogen and oxygen atoms in total. The molecule has 42 heavy (non-hydrogen) atoms. The molecule has 0 amide bonds. The predicted molar refractivity (Wildman–Crippen MR) is 184 cm³/mol. The molecule has 0 heterocycles. The normalized spacial score (nSPS) is 10.9. The molecule has 0 aliphatic carbocycles. The van der Waals surface area contributed by atoms with E-state index in [-0.39, 0.29) is 0 Å². The maximum atomic E-state index is 10.3. The van der Waals surface area contributed by atoms with Gasteiger partial charge in [0.15, 0.2) is 0 Å². The van der Waals surface area contributed by atoms with Crippen LogP contribution in [-0.4, -0.2) is 29.2 Å². The minimum absolute atomic E-state index is 0.332. The molecule has 250 valence electrons. The third-order valence-corrected chi connectivity index (χ3v) is 7.30. The van der Waals surface area contributed by atoms with E-state index in [2.05, 4.69) is 43.9 Å². The van der Waals surface area contributed by atoms with E-state index in [1.165, 1.54) is 148 Å². The molecule has 0 aliphatic rings. The van der Waals surface area contributed by atoms with E-state index in [1.54, 1.807) is 0 Å². The standard InChI is InChI=1S/2C18H34O2.CH5N/c2*1-2-3-4-5-6-7-8-9-10-11-12-13-14-15-16-17-18(19)20;1-2/h2*9-10H,2-8,11-17H2,1H3,(H,19,20);2H2,1H3/b2*10-9-;. The van der Waals surface area contributed by atoms with E-state index in [0.29, 0.717) is 12.8 Å². The number of carbonyl (C=O) groups is 2. The van der Waals surface area contributed by atoms with Crippen LogP contribution in [0.4, 0.5) is 0 Å². The highest BCUT2D eigenvalue weighted by Crippen LogP contribution is 2.11. The molecule has 0 aliphatic heterocycles. The monoisotopic (exact) mass is 596 g/mol. The molecule has 0 aromatic heterocycles. The summed E-state index contributed by atoms with van der Waals surface area (Å²) >= 11 is 0. The Kier molecular flexibility index (Phi) is 46.8. The molecule has 0 saturated carbocycles. The Hall–Kier alpha value is -1.62. The highest BCUT2D eigenvalue weighted by Gasteiger charge is 1.97. The summed E-state index contributed by atoms with van der Waals surface area (Å²) in [7, 11) is 1.50. The lowest BCUT2D eigenvalue weighted by Gasteiger charge is -1.99. The number of carboxylic acids is 2. The second kappa shape index (κ2) is 43.8. The zero-order valence-corrected chi connectivity index (χ0v) is 28.4. The molecule has 5 heteroatoms. The summed E-state index contributed by atoms with van der Waals surface area (Å²) in [6.45, 7) is 4.52. The molecule has 0 saturated heterocycles. The zero-order valence-electron chi connectivity index (χ0n) is 28.4. The van der Waals surface area contributed by atoms with E-state index in [4.69, 9.17) is 10.2 Å². The number of unbranched alkanes of at least 4 members (excludes halogenated alkanes) is 22. The molecule has 0 fully saturated rings. The highest BCUT2D eigenvalue weighted by atomic mass is 16.4. The van der Waals surface area contributed by atoms with E-state index in [0.717, 1.165) is 25.7 Å². The number of carboxylic acid groups (broad SMARTS) is 2. The second-order valence-corrected chi connectivity index (χ2v) is 11.5. The van der Waals surface area contributed by atoms with Crippen molar-refractivity contribution in [3.8, 4) is 0 Å². The molecule has 0 radical (unpaired) electrons. The van der Waals surface area contributed by atoms with Crippen molar-refractivity contribution < 1.29 is 19.8 Å². The highest BCUT2D eigenvalue weighted by molar-refractivity contribution is 5.66. The maximum absolute atomic E-state index is 10.3. The van der Waals surface area contributed by atoms with Crippen LogP contribution in [0.1, 0.15) is 194 Å². The van der Waals surface area contributed by atoms with Gasteiger partial charge in [0.2, 0.25) is 0 Å². The molecular weight excluding hydrogens is 522 g/mol. The van der Waals surface area contributed by atoms with Crippen LogP contribution in [0.3, 0.4) is 0 Å². The molecule has 0 aromatic carbocycles. The Balaban J connectivity index is -0.000000683. The van der Waals surface area contributed by atoms with E-state index < -0.39 is 11.9 Å². The minimum atomic E-state index is -0.664. The quantitative estimate of drug-likeness (QED) is 0.0566.